The van der Waals surface area contributed by atoms with Gasteiger partial charge in [-0.25, -0.2) is 14.8 Å². The zero-order valence-electron chi connectivity index (χ0n) is 14.2. The van der Waals surface area contributed by atoms with Crippen molar-refractivity contribution in [1.29, 1.82) is 0 Å². The first-order valence-electron chi connectivity index (χ1n) is 8.11. The maximum Gasteiger partial charge on any atom is 0.341 e. The number of nitrogens with zero attached hydrogens (tertiary/aromatic N) is 3. The van der Waals surface area contributed by atoms with Gasteiger partial charge < -0.3 is 14.6 Å². The van der Waals surface area contributed by atoms with Gasteiger partial charge in [-0.1, -0.05) is 30.3 Å². The molecule has 6 nitrogen and oxygen atoms in total. The van der Waals surface area contributed by atoms with Gasteiger partial charge in [0.2, 0.25) is 0 Å². The molecule has 0 fully saturated rings. The fourth-order valence-corrected chi connectivity index (χ4v) is 2.63. The summed E-state index contributed by atoms with van der Waals surface area (Å²) in [5, 5.41) is 3.35. The number of aromatic nitrogens is 3. The Morgan fingerprint density at radius 1 is 1.16 bits per heavy atom. The average molecular weight is 336 g/mol. The second-order valence-corrected chi connectivity index (χ2v) is 5.50. The van der Waals surface area contributed by atoms with Gasteiger partial charge in [0.1, 0.15) is 23.2 Å². The van der Waals surface area contributed by atoms with E-state index in [-0.39, 0.29) is 6.04 Å². The number of aryl methyl sites for hydroxylation is 1. The fourth-order valence-electron chi connectivity index (χ4n) is 2.63. The minimum Gasteiger partial charge on any atom is -0.462 e. The van der Waals surface area contributed by atoms with Crippen molar-refractivity contribution >= 4 is 11.8 Å². The molecule has 128 valence electrons. The molecule has 0 unspecified atom stereocenters. The zero-order chi connectivity index (χ0) is 17.6. The Kier molecular flexibility index (Phi) is 5.09. The highest BCUT2D eigenvalue weighted by Gasteiger charge is 2.22. The van der Waals surface area contributed by atoms with Crippen molar-refractivity contribution in [3.8, 4) is 0 Å². The number of carbonyl (C=O) groups is 1. The minimum absolute atomic E-state index is 0.246. The Bertz CT molecular complexity index is 845. The van der Waals surface area contributed by atoms with Gasteiger partial charge in [0.15, 0.2) is 0 Å². The largest absolute Gasteiger partial charge is 0.462 e. The number of ether oxygens (including phenoxy) is 1. The van der Waals surface area contributed by atoms with Crippen molar-refractivity contribution in [3.63, 3.8) is 0 Å². The van der Waals surface area contributed by atoms with Crippen molar-refractivity contribution in [2.24, 2.45) is 7.05 Å². The van der Waals surface area contributed by atoms with Crippen LogP contribution in [0.2, 0.25) is 0 Å². The number of esters is 1. The van der Waals surface area contributed by atoms with Gasteiger partial charge in [-0.05, 0) is 24.6 Å². The second kappa shape index (κ2) is 7.61. The topological polar surface area (TPSA) is 69.0 Å². The summed E-state index contributed by atoms with van der Waals surface area (Å²) in [4.78, 5) is 21.0. The molecule has 6 heteroatoms. The van der Waals surface area contributed by atoms with Gasteiger partial charge in [-0.3, -0.25) is 0 Å². The predicted octanol–water partition coefficient (Wildman–Crippen LogP) is 3.19. The SMILES string of the molecule is CCOC(=O)c1cccnc1N[C@@H](c1ccccc1)c1nccn1C. The number of rotatable bonds is 6. The van der Waals surface area contributed by atoms with Crippen LogP contribution in [0, 0.1) is 0 Å². The van der Waals surface area contributed by atoms with Crippen LogP contribution in [0.4, 0.5) is 5.82 Å². The lowest BCUT2D eigenvalue weighted by atomic mass is 10.1. The molecule has 1 aromatic carbocycles. The summed E-state index contributed by atoms with van der Waals surface area (Å²) in [6, 6.07) is 13.1. The molecule has 3 rings (SSSR count). The normalized spacial score (nSPS) is 11.8. The Morgan fingerprint density at radius 2 is 1.96 bits per heavy atom. The van der Waals surface area contributed by atoms with E-state index in [2.05, 4.69) is 15.3 Å². The maximum absolute atomic E-state index is 12.2. The number of anilines is 1. The van der Waals surface area contributed by atoms with Gasteiger partial charge in [0, 0.05) is 25.6 Å². The van der Waals surface area contributed by atoms with Crippen LogP contribution in [0.3, 0.4) is 0 Å². The summed E-state index contributed by atoms with van der Waals surface area (Å²) in [6.07, 6.45) is 5.28. The molecule has 0 spiro atoms. The summed E-state index contributed by atoms with van der Waals surface area (Å²) >= 11 is 0. The molecule has 1 N–H and O–H groups in total. The van der Waals surface area contributed by atoms with Crippen molar-refractivity contribution in [2.45, 2.75) is 13.0 Å². The summed E-state index contributed by atoms with van der Waals surface area (Å²) in [5.74, 6) is 0.897. The van der Waals surface area contributed by atoms with Gasteiger partial charge in [-0.2, -0.15) is 0 Å². The van der Waals surface area contributed by atoms with Crippen LogP contribution in [0.25, 0.3) is 0 Å². The van der Waals surface area contributed by atoms with Crippen LogP contribution in [0.1, 0.15) is 34.7 Å². The standard InChI is InChI=1S/C19H20N4O2/c1-3-25-19(24)15-10-7-11-20-17(15)22-16(14-8-5-4-6-9-14)18-21-12-13-23(18)2/h4-13,16H,3H2,1-2H3,(H,20,22)/t16-/m0/s1. The first-order valence-corrected chi connectivity index (χ1v) is 8.11. The number of hydrogen-bond donors (Lipinski definition) is 1. The Hall–Kier alpha value is -3.15. The van der Waals surface area contributed by atoms with E-state index in [4.69, 9.17) is 4.74 Å². The minimum atomic E-state index is -0.398. The van der Waals surface area contributed by atoms with E-state index in [1.807, 2.05) is 48.1 Å². The van der Waals surface area contributed by atoms with Gasteiger partial charge >= 0.3 is 5.97 Å². The molecule has 0 radical (unpaired) electrons. The highest BCUT2D eigenvalue weighted by Crippen LogP contribution is 2.26. The molecular formula is C19H20N4O2. The van der Waals surface area contributed by atoms with Crippen molar-refractivity contribution in [1.82, 2.24) is 14.5 Å². The van der Waals surface area contributed by atoms with Crippen molar-refractivity contribution in [2.75, 3.05) is 11.9 Å². The summed E-state index contributed by atoms with van der Waals surface area (Å²) in [5.41, 5.74) is 1.43. The van der Waals surface area contributed by atoms with Crippen LogP contribution in [-0.4, -0.2) is 27.1 Å². The number of hydrogen-bond acceptors (Lipinski definition) is 5. The predicted molar refractivity (Wildman–Crippen MR) is 95.3 cm³/mol. The third-order valence-electron chi connectivity index (χ3n) is 3.83. The number of imidazole rings is 1. The van der Waals surface area contributed by atoms with E-state index in [1.54, 1.807) is 31.5 Å². The second-order valence-electron chi connectivity index (χ2n) is 5.50. The summed E-state index contributed by atoms with van der Waals surface area (Å²) in [7, 11) is 1.94. The fraction of sp³-hybridized carbons (Fsp3) is 0.211. The monoisotopic (exact) mass is 336 g/mol. The van der Waals surface area contributed by atoms with Gasteiger partial charge in [-0.15, -0.1) is 0 Å². The molecule has 0 saturated heterocycles. The molecule has 0 bridgehead atoms. The Morgan fingerprint density at radius 3 is 2.64 bits per heavy atom. The molecule has 3 aromatic rings. The van der Waals surface area contributed by atoms with Crippen molar-refractivity contribution < 1.29 is 9.53 Å². The molecule has 0 aliphatic rings. The molecule has 0 aliphatic heterocycles. The molecule has 0 amide bonds. The molecule has 0 saturated carbocycles. The van der Waals surface area contributed by atoms with Crippen LogP contribution < -0.4 is 5.32 Å². The van der Waals surface area contributed by atoms with E-state index >= 15 is 0 Å². The lowest BCUT2D eigenvalue weighted by Crippen LogP contribution is -2.19. The van der Waals surface area contributed by atoms with Crippen molar-refractivity contribution in [3.05, 3.63) is 78.0 Å². The third-order valence-corrected chi connectivity index (χ3v) is 3.83. The lowest BCUT2D eigenvalue weighted by molar-refractivity contribution is 0.0527. The Labute approximate surface area is 146 Å². The highest BCUT2D eigenvalue weighted by atomic mass is 16.5. The maximum atomic E-state index is 12.2. The Balaban J connectivity index is 2.00. The lowest BCUT2D eigenvalue weighted by Gasteiger charge is -2.21. The van der Waals surface area contributed by atoms with Crippen LogP contribution >= 0.6 is 0 Å². The molecule has 0 aliphatic carbocycles. The molecule has 2 heterocycles. The average Bonchev–Trinajstić information content (AvgIpc) is 3.06. The van der Waals surface area contributed by atoms with Crippen LogP contribution in [-0.2, 0) is 11.8 Å². The van der Waals surface area contributed by atoms with E-state index in [9.17, 15) is 4.79 Å². The van der Waals surface area contributed by atoms with Gasteiger partial charge in [0.05, 0.1) is 6.61 Å². The summed E-state index contributed by atoms with van der Waals surface area (Å²) in [6.45, 7) is 2.09. The molecule has 1 atom stereocenters. The highest BCUT2D eigenvalue weighted by molar-refractivity contribution is 5.94. The number of nitrogens with one attached hydrogen (secondary N) is 1. The number of benzene rings is 1. The number of carbonyl (C=O) groups excluding carboxylic acids is 1. The van der Waals surface area contributed by atoms with Gasteiger partial charge in [0.25, 0.3) is 0 Å². The first-order chi connectivity index (χ1) is 12.2. The zero-order valence-corrected chi connectivity index (χ0v) is 14.2. The summed E-state index contributed by atoms with van der Waals surface area (Å²) < 4.78 is 7.07. The van der Waals surface area contributed by atoms with Crippen LogP contribution in [0.5, 0.6) is 0 Å². The number of pyridine rings is 1. The third kappa shape index (κ3) is 3.68. The van der Waals surface area contributed by atoms with E-state index < -0.39 is 5.97 Å². The van der Waals surface area contributed by atoms with Crippen LogP contribution in [0.15, 0.2) is 61.1 Å². The van der Waals surface area contributed by atoms with E-state index in [1.165, 1.54) is 0 Å². The first kappa shape index (κ1) is 16.7. The van der Waals surface area contributed by atoms with E-state index in [0.29, 0.717) is 18.0 Å². The van der Waals surface area contributed by atoms with E-state index in [0.717, 1.165) is 11.4 Å². The molecule has 25 heavy (non-hydrogen) atoms. The molecule has 2 aromatic heterocycles. The smallest absolute Gasteiger partial charge is 0.341 e. The quantitative estimate of drug-likeness (QED) is 0.700. The molecular weight excluding hydrogens is 316 g/mol.